The van der Waals surface area contributed by atoms with Gasteiger partial charge < -0.3 is 9.32 Å². The zero-order valence-electron chi connectivity index (χ0n) is 18.0. The van der Waals surface area contributed by atoms with Gasteiger partial charge in [-0.3, -0.25) is 24.2 Å². The number of hydrogen-bond acceptors (Lipinski definition) is 5. The number of piperazine rings is 1. The van der Waals surface area contributed by atoms with Gasteiger partial charge in [-0.1, -0.05) is 18.2 Å². The molecular formula is C24H25N3O4. The molecule has 1 aromatic heterocycles. The van der Waals surface area contributed by atoms with Crippen LogP contribution in [0.4, 0.5) is 5.69 Å². The third-order valence-electron chi connectivity index (χ3n) is 6.47. The maximum Gasteiger partial charge on any atom is 0.300 e. The zero-order valence-corrected chi connectivity index (χ0v) is 18.0. The van der Waals surface area contributed by atoms with Crippen molar-refractivity contribution in [3.05, 3.63) is 59.1 Å². The van der Waals surface area contributed by atoms with Crippen LogP contribution in [0.25, 0.3) is 5.57 Å². The van der Waals surface area contributed by atoms with Crippen molar-refractivity contribution in [3.8, 4) is 0 Å². The molecule has 0 atom stereocenters. The highest BCUT2D eigenvalue weighted by atomic mass is 16.3. The van der Waals surface area contributed by atoms with Crippen LogP contribution in [0.2, 0.25) is 0 Å². The van der Waals surface area contributed by atoms with Gasteiger partial charge >= 0.3 is 0 Å². The first-order valence-electron chi connectivity index (χ1n) is 10.6. The van der Waals surface area contributed by atoms with E-state index in [1.54, 1.807) is 17.0 Å². The number of hydrogen-bond donors (Lipinski definition) is 0. The number of aryl methyl sites for hydroxylation is 1. The van der Waals surface area contributed by atoms with Crippen LogP contribution in [0.1, 0.15) is 45.9 Å². The molecule has 5 rings (SSSR count). The summed E-state index contributed by atoms with van der Waals surface area (Å²) >= 11 is 0. The van der Waals surface area contributed by atoms with Gasteiger partial charge in [0, 0.05) is 38.3 Å². The second kappa shape index (κ2) is 6.92. The van der Waals surface area contributed by atoms with E-state index >= 15 is 0 Å². The monoisotopic (exact) mass is 419 g/mol. The molecule has 0 radical (unpaired) electrons. The van der Waals surface area contributed by atoms with Crippen LogP contribution < -0.4 is 4.90 Å². The Morgan fingerprint density at radius 3 is 2.52 bits per heavy atom. The van der Waals surface area contributed by atoms with Crippen LogP contribution in [0.15, 0.2) is 41.0 Å². The molecule has 160 valence electrons. The lowest BCUT2D eigenvalue weighted by molar-refractivity contribution is -0.115. The maximum atomic E-state index is 12.7. The minimum Gasteiger partial charge on any atom is -0.459 e. The van der Waals surface area contributed by atoms with Crippen molar-refractivity contribution >= 4 is 28.9 Å². The molecule has 31 heavy (non-hydrogen) atoms. The quantitative estimate of drug-likeness (QED) is 0.716. The Labute approximate surface area is 180 Å². The summed E-state index contributed by atoms with van der Waals surface area (Å²) in [6.45, 7) is 9.29. The molecular weight excluding hydrogens is 394 g/mol. The van der Waals surface area contributed by atoms with E-state index in [1.165, 1.54) is 6.26 Å². The molecule has 0 saturated carbocycles. The van der Waals surface area contributed by atoms with E-state index in [0.29, 0.717) is 31.0 Å². The first-order valence-corrected chi connectivity index (χ1v) is 10.6. The van der Waals surface area contributed by atoms with Crippen molar-refractivity contribution in [1.29, 1.82) is 0 Å². The molecule has 1 aromatic carbocycles. The lowest BCUT2D eigenvalue weighted by atomic mass is 9.87. The zero-order chi connectivity index (χ0) is 21.9. The molecule has 2 amide bonds. The Bertz CT molecular complexity index is 1120. The van der Waals surface area contributed by atoms with Crippen LogP contribution in [0, 0.1) is 6.92 Å². The Morgan fingerprint density at radius 2 is 1.84 bits per heavy atom. The fourth-order valence-corrected chi connectivity index (χ4v) is 4.94. The predicted octanol–water partition coefficient (Wildman–Crippen LogP) is 2.75. The average molecular weight is 419 g/mol. The Morgan fingerprint density at radius 1 is 1.10 bits per heavy atom. The third-order valence-corrected chi connectivity index (χ3v) is 6.47. The van der Waals surface area contributed by atoms with Crippen molar-refractivity contribution in [2.24, 2.45) is 0 Å². The van der Waals surface area contributed by atoms with Gasteiger partial charge in [-0.05, 0) is 44.0 Å². The fourth-order valence-electron chi connectivity index (χ4n) is 4.94. The lowest BCUT2D eigenvalue weighted by Crippen LogP contribution is -2.50. The number of carbonyl (C=O) groups is 3. The second-order valence-corrected chi connectivity index (χ2v) is 8.99. The maximum absolute atomic E-state index is 12.7. The second-order valence-electron chi connectivity index (χ2n) is 8.99. The first-order chi connectivity index (χ1) is 14.8. The van der Waals surface area contributed by atoms with Gasteiger partial charge in [-0.25, -0.2) is 0 Å². The smallest absolute Gasteiger partial charge is 0.300 e. The number of anilines is 1. The Balaban J connectivity index is 1.38. The Kier molecular flexibility index (Phi) is 4.41. The summed E-state index contributed by atoms with van der Waals surface area (Å²) in [5, 5.41) is 0. The van der Waals surface area contributed by atoms with Gasteiger partial charge in [-0.15, -0.1) is 0 Å². The van der Waals surface area contributed by atoms with Crippen molar-refractivity contribution in [3.63, 3.8) is 0 Å². The molecule has 0 spiro atoms. The van der Waals surface area contributed by atoms with Gasteiger partial charge in [0.25, 0.3) is 17.6 Å². The van der Waals surface area contributed by atoms with Gasteiger partial charge in [0.2, 0.25) is 0 Å². The van der Waals surface area contributed by atoms with E-state index in [4.69, 9.17) is 4.42 Å². The third kappa shape index (κ3) is 3.03. The number of carbonyl (C=O) groups excluding carboxylic acids is 3. The molecule has 0 N–H and O–H groups in total. The summed E-state index contributed by atoms with van der Waals surface area (Å²) in [6, 6.07) is 7.36. The molecule has 3 aliphatic heterocycles. The van der Waals surface area contributed by atoms with E-state index in [9.17, 15) is 14.4 Å². The minimum atomic E-state index is -0.578. The molecule has 0 unspecified atom stereocenters. The van der Waals surface area contributed by atoms with E-state index < -0.39 is 17.2 Å². The summed E-state index contributed by atoms with van der Waals surface area (Å²) < 4.78 is 5.24. The predicted molar refractivity (Wildman–Crippen MR) is 116 cm³/mol. The molecule has 3 aliphatic rings. The largest absolute Gasteiger partial charge is 0.459 e. The number of ketones is 1. The van der Waals surface area contributed by atoms with Crippen LogP contribution >= 0.6 is 0 Å². The van der Waals surface area contributed by atoms with E-state index in [0.717, 1.165) is 35.5 Å². The molecule has 1 fully saturated rings. The van der Waals surface area contributed by atoms with E-state index in [-0.39, 0.29) is 5.91 Å². The van der Waals surface area contributed by atoms with Crippen LogP contribution in [-0.2, 0) is 4.79 Å². The molecule has 0 aliphatic carbocycles. The number of Topliss-reactive ketones (excluding diaryl/α,β-unsaturated/α-hetero) is 1. The number of furan rings is 1. The molecule has 2 aromatic rings. The van der Waals surface area contributed by atoms with Crippen LogP contribution in [-0.4, -0.2) is 65.7 Å². The SMILES string of the molecule is Cc1ccc2c3c1C(=O)C(=O)N3C(C)(C)C=C2CN1CCN(C(=O)c2ccco2)CC1. The van der Waals surface area contributed by atoms with E-state index in [2.05, 4.69) is 11.0 Å². The highest BCUT2D eigenvalue weighted by molar-refractivity contribution is 6.53. The normalized spacial score (nSPS) is 20.2. The Hall–Kier alpha value is -3.19. The lowest BCUT2D eigenvalue weighted by Gasteiger charge is -2.41. The fraction of sp³-hybridized carbons (Fsp3) is 0.375. The molecule has 0 bridgehead atoms. The molecule has 7 nitrogen and oxygen atoms in total. The van der Waals surface area contributed by atoms with Crippen LogP contribution in [0.5, 0.6) is 0 Å². The van der Waals surface area contributed by atoms with E-state index in [1.807, 2.05) is 37.8 Å². The summed E-state index contributed by atoms with van der Waals surface area (Å²) in [6.07, 6.45) is 3.62. The van der Waals surface area contributed by atoms with Gasteiger partial charge in [-0.2, -0.15) is 0 Å². The highest BCUT2D eigenvalue weighted by Gasteiger charge is 2.47. The van der Waals surface area contributed by atoms with Crippen molar-refractivity contribution in [2.45, 2.75) is 26.3 Å². The molecule has 4 heterocycles. The summed E-state index contributed by atoms with van der Waals surface area (Å²) in [5.74, 6) is -0.570. The van der Waals surface area contributed by atoms with Crippen molar-refractivity contribution < 1.29 is 18.8 Å². The topological polar surface area (TPSA) is 74.1 Å². The van der Waals surface area contributed by atoms with Gasteiger partial charge in [0.15, 0.2) is 5.76 Å². The molecule has 1 saturated heterocycles. The van der Waals surface area contributed by atoms with Gasteiger partial charge in [0.05, 0.1) is 23.1 Å². The number of nitrogens with zero attached hydrogens (tertiary/aromatic N) is 3. The van der Waals surface area contributed by atoms with Crippen molar-refractivity contribution in [2.75, 3.05) is 37.6 Å². The summed E-state index contributed by atoms with van der Waals surface area (Å²) in [7, 11) is 0. The number of rotatable bonds is 3. The summed E-state index contributed by atoms with van der Waals surface area (Å²) in [4.78, 5) is 43.7. The first kappa shape index (κ1) is 19.8. The average Bonchev–Trinajstić information content (AvgIpc) is 3.35. The van der Waals surface area contributed by atoms with Crippen molar-refractivity contribution in [1.82, 2.24) is 9.80 Å². The molecule has 7 heteroatoms. The number of amides is 2. The highest BCUT2D eigenvalue weighted by Crippen LogP contribution is 2.46. The standard InChI is InChI=1S/C24H25N3O4/c1-15-6-7-17-16(13-24(2,3)27-20(17)19(15)21(28)23(27)30)14-25-8-10-26(11-9-25)22(29)18-5-4-12-31-18/h4-7,12-13H,8-11,14H2,1-3H3. The summed E-state index contributed by atoms with van der Waals surface area (Å²) in [5.41, 5.74) is 3.62. The van der Waals surface area contributed by atoms with Gasteiger partial charge in [0.1, 0.15) is 0 Å². The van der Waals surface area contributed by atoms with Crippen LogP contribution in [0.3, 0.4) is 0 Å². The number of benzene rings is 1. The minimum absolute atomic E-state index is 0.0771.